The fourth-order valence-electron chi connectivity index (χ4n) is 2.68. The van der Waals surface area contributed by atoms with Gasteiger partial charge in [-0.3, -0.25) is 4.79 Å². The minimum atomic E-state index is -3.70. The molecule has 0 unspecified atom stereocenters. The number of nitrogens with one attached hydrogen (secondary N) is 1. The molecule has 28 heavy (non-hydrogen) atoms. The highest BCUT2D eigenvalue weighted by molar-refractivity contribution is 7.91. The maximum absolute atomic E-state index is 13.1. The summed E-state index contributed by atoms with van der Waals surface area (Å²) in [6, 6.07) is 16.5. The molecule has 0 saturated carbocycles. The predicted molar refractivity (Wildman–Crippen MR) is 114 cm³/mol. The van der Waals surface area contributed by atoms with E-state index < -0.39 is 15.1 Å². The number of hydrogen-bond donors (Lipinski definition) is 1. The van der Waals surface area contributed by atoms with Crippen LogP contribution in [0.2, 0.25) is 10.0 Å². The zero-order valence-corrected chi connectivity index (χ0v) is 17.8. The van der Waals surface area contributed by atoms with Crippen molar-refractivity contribution in [1.82, 2.24) is 5.32 Å². The average molecular weight is 454 g/mol. The van der Waals surface area contributed by atoms with Gasteiger partial charge in [-0.1, -0.05) is 41.4 Å². The van der Waals surface area contributed by atoms with Crippen molar-refractivity contribution in [3.63, 3.8) is 0 Å². The number of halogens is 2. The summed E-state index contributed by atoms with van der Waals surface area (Å²) in [4.78, 5) is 13.2. The van der Waals surface area contributed by atoms with E-state index in [9.17, 15) is 13.2 Å². The lowest BCUT2D eigenvalue weighted by atomic mass is 10.1. The highest BCUT2D eigenvalue weighted by Crippen LogP contribution is 2.32. The van der Waals surface area contributed by atoms with Gasteiger partial charge in [0.2, 0.25) is 5.91 Å². The fraction of sp³-hybridized carbons (Fsp3) is 0.150. The van der Waals surface area contributed by atoms with Gasteiger partial charge in [0.05, 0.1) is 11.3 Å². The summed E-state index contributed by atoms with van der Waals surface area (Å²) >= 11 is 13.1. The Morgan fingerprint density at radius 1 is 0.964 bits per heavy atom. The lowest BCUT2D eigenvalue weighted by molar-refractivity contribution is -0.120. The maximum Gasteiger partial charge on any atom is 0.224 e. The van der Waals surface area contributed by atoms with E-state index in [-0.39, 0.29) is 23.8 Å². The highest BCUT2D eigenvalue weighted by Gasteiger charge is 2.30. The molecule has 4 nitrogen and oxygen atoms in total. The minimum Gasteiger partial charge on any atom is -0.354 e. The van der Waals surface area contributed by atoms with Crippen LogP contribution >= 0.6 is 34.5 Å². The van der Waals surface area contributed by atoms with E-state index in [4.69, 9.17) is 23.2 Å². The Morgan fingerprint density at radius 3 is 2.14 bits per heavy atom. The van der Waals surface area contributed by atoms with Crippen molar-refractivity contribution in [2.45, 2.75) is 16.6 Å². The van der Waals surface area contributed by atoms with E-state index in [1.165, 1.54) is 23.5 Å². The molecule has 0 bridgehead atoms. The average Bonchev–Trinajstić information content (AvgIpc) is 3.18. The number of amides is 1. The zero-order valence-electron chi connectivity index (χ0n) is 14.6. The number of rotatable bonds is 7. The second kappa shape index (κ2) is 9.09. The van der Waals surface area contributed by atoms with Crippen LogP contribution < -0.4 is 5.32 Å². The molecule has 1 amide bonds. The summed E-state index contributed by atoms with van der Waals surface area (Å²) in [5.74, 6) is -0.254. The molecule has 0 aliphatic rings. The van der Waals surface area contributed by atoms with Crippen molar-refractivity contribution >= 4 is 50.3 Å². The Labute approximate surface area is 178 Å². The van der Waals surface area contributed by atoms with Gasteiger partial charge < -0.3 is 5.32 Å². The summed E-state index contributed by atoms with van der Waals surface area (Å²) in [6.07, 6.45) is 0.148. The van der Waals surface area contributed by atoms with Gasteiger partial charge in [-0.05, 0) is 53.4 Å². The van der Waals surface area contributed by atoms with Crippen molar-refractivity contribution in [3.8, 4) is 0 Å². The van der Waals surface area contributed by atoms with Crippen LogP contribution in [-0.4, -0.2) is 20.9 Å². The van der Waals surface area contributed by atoms with Crippen molar-refractivity contribution in [2.75, 3.05) is 6.54 Å². The van der Waals surface area contributed by atoms with Gasteiger partial charge in [0.1, 0.15) is 5.25 Å². The molecule has 1 N–H and O–H groups in total. The number of thiophene rings is 1. The van der Waals surface area contributed by atoms with Gasteiger partial charge in [0, 0.05) is 21.5 Å². The zero-order chi connectivity index (χ0) is 20.1. The fourth-order valence-corrected chi connectivity index (χ4v) is 5.72. The molecular weight excluding hydrogens is 437 g/mol. The van der Waals surface area contributed by atoms with Gasteiger partial charge in [0.25, 0.3) is 0 Å². The third kappa shape index (κ3) is 5.14. The quantitative estimate of drug-likeness (QED) is 0.551. The van der Waals surface area contributed by atoms with Gasteiger partial charge in [-0.2, -0.15) is 0 Å². The molecule has 2 aromatic carbocycles. The lowest BCUT2D eigenvalue weighted by Crippen LogP contribution is -2.32. The summed E-state index contributed by atoms with van der Waals surface area (Å²) in [5, 5.41) is 4.75. The summed E-state index contributed by atoms with van der Waals surface area (Å²) in [7, 11) is -3.70. The van der Waals surface area contributed by atoms with E-state index in [0.717, 1.165) is 5.56 Å². The third-order valence-corrected chi connectivity index (χ3v) is 7.88. The van der Waals surface area contributed by atoms with E-state index in [1.807, 2.05) is 5.38 Å². The molecular formula is C20H17Cl2NO3S2. The van der Waals surface area contributed by atoms with Crippen molar-refractivity contribution < 1.29 is 13.2 Å². The summed E-state index contributed by atoms with van der Waals surface area (Å²) < 4.78 is 26.3. The van der Waals surface area contributed by atoms with Gasteiger partial charge in [0.15, 0.2) is 9.84 Å². The van der Waals surface area contributed by atoms with E-state index in [1.54, 1.807) is 48.5 Å². The second-order valence-corrected chi connectivity index (χ2v) is 10.1. The molecule has 8 heteroatoms. The molecule has 0 saturated heterocycles. The molecule has 0 aliphatic heterocycles. The van der Waals surface area contributed by atoms with Gasteiger partial charge >= 0.3 is 0 Å². The lowest BCUT2D eigenvalue weighted by Gasteiger charge is -2.17. The Balaban J connectivity index is 1.76. The van der Waals surface area contributed by atoms with Crippen LogP contribution in [0.25, 0.3) is 0 Å². The van der Waals surface area contributed by atoms with Crippen LogP contribution in [0, 0.1) is 0 Å². The first kappa shape index (κ1) is 20.9. The second-order valence-electron chi connectivity index (χ2n) is 6.11. The van der Waals surface area contributed by atoms with E-state index in [0.29, 0.717) is 14.9 Å². The molecule has 0 aliphatic carbocycles. The largest absolute Gasteiger partial charge is 0.354 e. The predicted octanol–water partition coefficient (Wildman–Crippen LogP) is 4.93. The van der Waals surface area contributed by atoms with Gasteiger partial charge in [-0.25, -0.2) is 8.42 Å². The normalized spacial score (nSPS) is 12.5. The Kier molecular flexibility index (Phi) is 6.78. The number of carbonyl (C=O) groups is 1. The molecule has 0 fully saturated rings. The topological polar surface area (TPSA) is 63.2 Å². The first-order valence-corrected chi connectivity index (χ1v) is 11.6. The molecule has 1 atom stereocenters. The molecule has 0 radical (unpaired) electrons. The number of hydrogen-bond acceptors (Lipinski definition) is 4. The first-order chi connectivity index (χ1) is 13.4. The van der Waals surface area contributed by atoms with Crippen LogP contribution in [0.15, 0.2) is 70.9 Å². The standard InChI is InChI=1S/C20H17Cl2NO3S2/c21-15-5-3-14(4-6-15)12-20(24)23-13-19(18-2-1-11-27-18)28(25,26)17-9-7-16(22)8-10-17/h1-11,19H,12-13H2,(H,23,24)/t19-/m0/s1. The maximum atomic E-state index is 13.1. The third-order valence-electron chi connectivity index (χ3n) is 4.14. The van der Waals surface area contributed by atoms with Crippen LogP contribution in [-0.2, 0) is 21.1 Å². The first-order valence-electron chi connectivity index (χ1n) is 8.40. The number of carbonyl (C=O) groups excluding carboxylic acids is 1. The van der Waals surface area contributed by atoms with E-state index >= 15 is 0 Å². The SMILES string of the molecule is O=C(Cc1ccc(Cl)cc1)NC[C@@H](c1cccs1)S(=O)(=O)c1ccc(Cl)cc1. The molecule has 146 valence electrons. The Morgan fingerprint density at radius 2 is 1.57 bits per heavy atom. The van der Waals surface area contributed by atoms with Crippen molar-refractivity contribution in [1.29, 1.82) is 0 Å². The number of benzene rings is 2. The van der Waals surface area contributed by atoms with Crippen LogP contribution in [0.1, 0.15) is 15.7 Å². The Hall–Kier alpha value is -1.86. The molecule has 1 aromatic heterocycles. The monoisotopic (exact) mass is 453 g/mol. The molecule has 1 heterocycles. The molecule has 3 aromatic rings. The highest BCUT2D eigenvalue weighted by atomic mass is 35.5. The van der Waals surface area contributed by atoms with Crippen LogP contribution in [0.3, 0.4) is 0 Å². The van der Waals surface area contributed by atoms with Crippen LogP contribution in [0.4, 0.5) is 0 Å². The van der Waals surface area contributed by atoms with Crippen LogP contribution in [0.5, 0.6) is 0 Å². The van der Waals surface area contributed by atoms with Gasteiger partial charge in [-0.15, -0.1) is 11.3 Å². The number of sulfone groups is 1. The minimum absolute atomic E-state index is 0.0160. The smallest absolute Gasteiger partial charge is 0.224 e. The van der Waals surface area contributed by atoms with E-state index in [2.05, 4.69) is 5.32 Å². The Bertz CT molecular complexity index is 1030. The summed E-state index contributed by atoms with van der Waals surface area (Å²) in [5.41, 5.74) is 0.801. The summed E-state index contributed by atoms with van der Waals surface area (Å²) in [6.45, 7) is -0.0160. The molecule has 0 spiro atoms. The van der Waals surface area contributed by atoms with Crippen molar-refractivity contribution in [2.24, 2.45) is 0 Å². The van der Waals surface area contributed by atoms with Crippen molar-refractivity contribution in [3.05, 3.63) is 86.5 Å². The molecule has 3 rings (SSSR count).